The lowest BCUT2D eigenvalue weighted by atomic mass is 10.1. The zero-order chi connectivity index (χ0) is 19.0. The van der Waals surface area contributed by atoms with E-state index in [1.54, 1.807) is 42.5 Å². The fraction of sp³-hybridized carbons (Fsp3) is 0.0476. The molecule has 1 aromatic heterocycles. The van der Waals surface area contributed by atoms with Crippen molar-refractivity contribution in [2.75, 3.05) is 7.11 Å². The molecule has 4 aromatic rings. The van der Waals surface area contributed by atoms with Crippen molar-refractivity contribution < 1.29 is 18.3 Å². The van der Waals surface area contributed by atoms with Crippen LogP contribution in [0.5, 0.6) is 0 Å². The van der Waals surface area contributed by atoms with Gasteiger partial charge in [0.15, 0.2) is 0 Å². The maximum Gasteiger partial charge on any atom is 0.337 e. The van der Waals surface area contributed by atoms with E-state index in [1.807, 2.05) is 0 Å². The second kappa shape index (κ2) is 6.64. The molecular weight excluding hydrogens is 350 g/mol. The molecule has 0 unspecified atom stereocenters. The molecule has 0 fully saturated rings. The first-order valence-electron chi connectivity index (χ1n) is 8.20. The number of rotatable bonds is 3. The van der Waals surface area contributed by atoms with Crippen LogP contribution in [0.15, 0.2) is 66.7 Å². The third kappa shape index (κ3) is 3.06. The molecule has 0 aliphatic carbocycles. The average molecular weight is 364 g/mol. The summed E-state index contributed by atoms with van der Waals surface area (Å²) in [6.07, 6.45) is 0. The number of nitrogens with zero attached hydrogens (tertiary/aromatic N) is 2. The van der Waals surface area contributed by atoms with Crippen molar-refractivity contribution in [2.45, 2.75) is 0 Å². The Hall–Kier alpha value is -3.54. The van der Waals surface area contributed by atoms with Gasteiger partial charge in [-0.2, -0.15) is 5.10 Å². The zero-order valence-electron chi connectivity index (χ0n) is 14.3. The van der Waals surface area contributed by atoms with Gasteiger partial charge in [-0.25, -0.2) is 18.3 Å². The lowest BCUT2D eigenvalue weighted by molar-refractivity contribution is 0.0601. The van der Waals surface area contributed by atoms with Gasteiger partial charge in [0.1, 0.15) is 17.3 Å². The Morgan fingerprint density at radius 2 is 1.70 bits per heavy atom. The number of esters is 1. The normalized spacial score (nSPS) is 10.9. The summed E-state index contributed by atoms with van der Waals surface area (Å²) in [7, 11) is 1.30. The van der Waals surface area contributed by atoms with Gasteiger partial charge in [-0.05, 0) is 48.5 Å². The first-order valence-corrected chi connectivity index (χ1v) is 8.20. The highest BCUT2D eigenvalue weighted by atomic mass is 19.1. The first-order chi connectivity index (χ1) is 13.1. The van der Waals surface area contributed by atoms with Gasteiger partial charge in [0.2, 0.25) is 0 Å². The molecule has 0 spiro atoms. The number of methoxy groups -OCH3 is 1. The van der Waals surface area contributed by atoms with Crippen molar-refractivity contribution >= 4 is 16.9 Å². The average Bonchev–Trinajstić information content (AvgIpc) is 3.06. The third-order valence-corrected chi connectivity index (χ3v) is 4.25. The summed E-state index contributed by atoms with van der Waals surface area (Å²) in [4.78, 5) is 11.9. The lowest BCUT2D eigenvalue weighted by Crippen LogP contribution is -2.02. The van der Waals surface area contributed by atoms with Gasteiger partial charge in [0.25, 0.3) is 0 Å². The molecule has 0 radical (unpaired) electrons. The summed E-state index contributed by atoms with van der Waals surface area (Å²) < 4.78 is 33.8. The second-order valence-electron chi connectivity index (χ2n) is 5.97. The predicted octanol–water partition coefficient (Wildman–Crippen LogP) is 4.76. The van der Waals surface area contributed by atoms with Gasteiger partial charge >= 0.3 is 5.97 Å². The van der Waals surface area contributed by atoms with E-state index in [4.69, 9.17) is 4.74 Å². The van der Waals surface area contributed by atoms with Gasteiger partial charge in [-0.1, -0.05) is 18.2 Å². The minimum absolute atomic E-state index is 0.341. The van der Waals surface area contributed by atoms with Crippen LogP contribution in [0, 0.1) is 11.6 Å². The molecule has 0 saturated heterocycles. The smallest absolute Gasteiger partial charge is 0.337 e. The highest BCUT2D eigenvalue weighted by molar-refractivity contribution is 5.99. The SMILES string of the molecule is COC(=O)c1ccc2c(-c3cccc(F)c3)nn(-c3cccc(F)c3)c2c1. The first kappa shape index (κ1) is 16.9. The largest absolute Gasteiger partial charge is 0.465 e. The van der Waals surface area contributed by atoms with Crippen LogP contribution in [0.1, 0.15) is 10.4 Å². The van der Waals surface area contributed by atoms with Gasteiger partial charge in [0, 0.05) is 10.9 Å². The van der Waals surface area contributed by atoms with Gasteiger partial charge in [0.05, 0.1) is 23.9 Å². The molecule has 3 aromatic carbocycles. The molecule has 4 nitrogen and oxygen atoms in total. The van der Waals surface area contributed by atoms with Crippen LogP contribution in [-0.4, -0.2) is 22.9 Å². The van der Waals surface area contributed by atoms with Crippen molar-refractivity contribution in [3.63, 3.8) is 0 Å². The molecule has 27 heavy (non-hydrogen) atoms. The minimum Gasteiger partial charge on any atom is -0.465 e. The second-order valence-corrected chi connectivity index (χ2v) is 5.97. The number of benzene rings is 3. The molecule has 0 aliphatic rings. The van der Waals surface area contributed by atoms with E-state index in [2.05, 4.69) is 5.10 Å². The molecule has 134 valence electrons. The maximum atomic E-state index is 13.7. The zero-order valence-corrected chi connectivity index (χ0v) is 14.3. The highest BCUT2D eigenvalue weighted by Crippen LogP contribution is 2.31. The van der Waals surface area contributed by atoms with Crippen LogP contribution in [0.2, 0.25) is 0 Å². The predicted molar refractivity (Wildman–Crippen MR) is 97.8 cm³/mol. The number of aromatic nitrogens is 2. The van der Waals surface area contributed by atoms with E-state index in [0.717, 1.165) is 0 Å². The van der Waals surface area contributed by atoms with Crippen molar-refractivity contribution in [1.82, 2.24) is 9.78 Å². The number of carbonyl (C=O) groups is 1. The van der Waals surface area contributed by atoms with Crippen molar-refractivity contribution in [2.24, 2.45) is 0 Å². The Kier molecular flexibility index (Phi) is 4.16. The Bertz CT molecular complexity index is 1170. The molecule has 0 aliphatic heterocycles. The number of fused-ring (bicyclic) bond motifs is 1. The third-order valence-electron chi connectivity index (χ3n) is 4.25. The Balaban J connectivity index is 2.01. The van der Waals surface area contributed by atoms with Crippen LogP contribution < -0.4 is 0 Å². The number of ether oxygens (including phenoxy) is 1. The number of carbonyl (C=O) groups excluding carboxylic acids is 1. The van der Waals surface area contributed by atoms with Crippen LogP contribution in [0.3, 0.4) is 0 Å². The van der Waals surface area contributed by atoms with Crippen molar-refractivity contribution in [1.29, 1.82) is 0 Å². The molecule has 6 heteroatoms. The van der Waals surface area contributed by atoms with E-state index < -0.39 is 11.8 Å². The molecular formula is C21H14F2N2O2. The van der Waals surface area contributed by atoms with Gasteiger partial charge in [-0.15, -0.1) is 0 Å². The topological polar surface area (TPSA) is 44.1 Å². The summed E-state index contributed by atoms with van der Waals surface area (Å²) in [5.41, 5.74) is 2.53. The summed E-state index contributed by atoms with van der Waals surface area (Å²) in [6.45, 7) is 0. The lowest BCUT2D eigenvalue weighted by Gasteiger charge is -2.05. The Morgan fingerprint density at radius 3 is 2.41 bits per heavy atom. The maximum absolute atomic E-state index is 13.7. The van der Waals surface area contributed by atoms with E-state index >= 15 is 0 Å². The summed E-state index contributed by atoms with van der Waals surface area (Å²) >= 11 is 0. The molecule has 1 heterocycles. The molecule has 0 amide bonds. The highest BCUT2D eigenvalue weighted by Gasteiger charge is 2.17. The monoisotopic (exact) mass is 364 g/mol. The van der Waals surface area contributed by atoms with Crippen LogP contribution in [0.25, 0.3) is 27.8 Å². The standard InChI is InChI=1S/C21H14F2N2O2/c1-27-21(26)14-8-9-18-19(11-14)25(17-7-3-6-16(23)12-17)24-20(18)13-4-2-5-15(22)10-13/h2-12H,1H3. The fourth-order valence-corrected chi connectivity index (χ4v) is 3.01. The minimum atomic E-state index is -0.490. The van der Waals surface area contributed by atoms with E-state index in [0.29, 0.717) is 33.4 Å². The van der Waals surface area contributed by atoms with Crippen LogP contribution >= 0.6 is 0 Å². The summed E-state index contributed by atoms with van der Waals surface area (Å²) in [6, 6.07) is 17.0. The Labute approximate surface area is 153 Å². The van der Waals surface area contributed by atoms with Crippen LogP contribution in [0.4, 0.5) is 8.78 Å². The molecule has 0 atom stereocenters. The summed E-state index contributed by atoms with van der Waals surface area (Å²) in [5, 5.41) is 5.28. The van der Waals surface area contributed by atoms with E-state index in [9.17, 15) is 13.6 Å². The molecule has 0 saturated carbocycles. The van der Waals surface area contributed by atoms with Gasteiger partial charge in [-0.3, -0.25) is 0 Å². The fourth-order valence-electron chi connectivity index (χ4n) is 3.01. The molecule has 0 bridgehead atoms. The van der Waals surface area contributed by atoms with Crippen molar-refractivity contribution in [3.8, 4) is 16.9 Å². The van der Waals surface area contributed by atoms with Crippen molar-refractivity contribution in [3.05, 3.63) is 83.9 Å². The molecule has 0 N–H and O–H groups in total. The van der Waals surface area contributed by atoms with E-state index in [1.165, 1.54) is 36.1 Å². The number of halogens is 2. The number of hydrogen-bond donors (Lipinski definition) is 0. The molecule has 4 rings (SSSR count). The van der Waals surface area contributed by atoms with Gasteiger partial charge < -0.3 is 4.74 Å². The Morgan fingerprint density at radius 1 is 0.963 bits per heavy atom. The van der Waals surface area contributed by atoms with E-state index in [-0.39, 0.29) is 5.82 Å². The van der Waals surface area contributed by atoms with Crippen LogP contribution in [-0.2, 0) is 4.74 Å². The number of hydrogen-bond acceptors (Lipinski definition) is 3. The quantitative estimate of drug-likeness (QED) is 0.493. The summed E-state index contributed by atoms with van der Waals surface area (Å²) in [5.74, 6) is -1.28.